The number of para-hydroxylation sites is 1. The molecule has 3 nitrogen and oxygen atoms in total. The minimum absolute atomic E-state index is 0.116. The molecule has 1 heterocycles. The Morgan fingerprint density at radius 3 is 2.67 bits per heavy atom. The van der Waals surface area contributed by atoms with Crippen molar-refractivity contribution in [3.8, 4) is 0 Å². The Kier molecular flexibility index (Phi) is 2.92. The van der Waals surface area contributed by atoms with Crippen molar-refractivity contribution in [2.45, 2.75) is 31.7 Å². The number of carbonyl (C=O) groups excluding carboxylic acids is 1. The average molecular weight is 243 g/mol. The van der Waals surface area contributed by atoms with Crippen LogP contribution in [0.3, 0.4) is 0 Å². The molecule has 0 bridgehead atoms. The van der Waals surface area contributed by atoms with Gasteiger partial charge in [-0.15, -0.1) is 0 Å². The first-order chi connectivity index (χ1) is 8.75. The van der Waals surface area contributed by atoms with Crippen molar-refractivity contribution < 1.29 is 9.21 Å². The number of ketones is 1. The molecule has 1 aliphatic rings. The van der Waals surface area contributed by atoms with Crippen LogP contribution >= 0.6 is 0 Å². The van der Waals surface area contributed by atoms with Gasteiger partial charge in [0.05, 0.1) is 5.56 Å². The van der Waals surface area contributed by atoms with Crippen molar-refractivity contribution in [1.29, 1.82) is 0 Å². The van der Waals surface area contributed by atoms with Crippen LogP contribution in [0.1, 0.15) is 36.0 Å². The molecule has 1 aromatic heterocycles. The van der Waals surface area contributed by atoms with Crippen LogP contribution in [0, 0.1) is 5.92 Å². The minimum atomic E-state index is 0.116. The Hall–Kier alpha value is -1.61. The standard InChI is InChI=1S/C15H17NO2/c16-11-7-5-10(6-8-11)15(17)13-9-18-14-4-2-1-3-12(13)14/h1-4,9-11H,5-8,16H2. The van der Waals surface area contributed by atoms with Gasteiger partial charge in [-0.2, -0.15) is 0 Å². The number of fused-ring (bicyclic) bond motifs is 1. The highest BCUT2D eigenvalue weighted by Gasteiger charge is 2.27. The van der Waals surface area contributed by atoms with Gasteiger partial charge in [-0.25, -0.2) is 0 Å². The predicted molar refractivity (Wildman–Crippen MR) is 70.5 cm³/mol. The normalized spacial score (nSPS) is 24.3. The molecule has 0 unspecified atom stereocenters. The van der Waals surface area contributed by atoms with Gasteiger partial charge >= 0.3 is 0 Å². The lowest BCUT2D eigenvalue weighted by molar-refractivity contribution is 0.0885. The molecule has 3 heteroatoms. The van der Waals surface area contributed by atoms with Crippen molar-refractivity contribution in [2.75, 3.05) is 0 Å². The van der Waals surface area contributed by atoms with E-state index in [1.807, 2.05) is 24.3 Å². The lowest BCUT2D eigenvalue weighted by Crippen LogP contribution is -2.29. The summed E-state index contributed by atoms with van der Waals surface area (Å²) in [5.41, 5.74) is 7.39. The first kappa shape index (κ1) is 11.5. The van der Waals surface area contributed by atoms with Crippen molar-refractivity contribution in [3.05, 3.63) is 36.1 Å². The summed E-state index contributed by atoms with van der Waals surface area (Å²) in [7, 11) is 0. The molecule has 94 valence electrons. The number of hydrogen-bond acceptors (Lipinski definition) is 3. The van der Waals surface area contributed by atoms with Gasteiger partial charge in [0.25, 0.3) is 0 Å². The van der Waals surface area contributed by atoms with Gasteiger partial charge in [0.1, 0.15) is 11.8 Å². The van der Waals surface area contributed by atoms with Gasteiger partial charge in [-0.05, 0) is 31.7 Å². The molecule has 0 amide bonds. The number of benzene rings is 1. The van der Waals surface area contributed by atoms with Gasteiger partial charge in [-0.3, -0.25) is 4.79 Å². The van der Waals surface area contributed by atoms with E-state index in [1.165, 1.54) is 0 Å². The lowest BCUT2D eigenvalue weighted by Gasteiger charge is -2.24. The van der Waals surface area contributed by atoms with E-state index in [0.717, 1.165) is 42.2 Å². The summed E-state index contributed by atoms with van der Waals surface area (Å²) in [4.78, 5) is 12.5. The maximum absolute atomic E-state index is 12.5. The topological polar surface area (TPSA) is 56.2 Å². The molecule has 0 radical (unpaired) electrons. The second-order valence-corrected chi connectivity index (χ2v) is 5.12. The maximum atomic E-state index is 12.5. The van der Waals surface area contributed by atoms with Crippen molar-refractivity contribution >= 4 is 16.8 Å². The van der Waals surface area contributed by atoms with Crippen LogP contribution in [0.5, 0.6) is 0 Å². The highest BCUT2D eigenvalue weighted by molar-refractivity contribution is 6.08. The Labute approximate surface area is 106 Å². The number of hydrogen-bond donors (Lipinski definition) is 1. The molecule has 2 aromatic rings. The molecule has 1 aromatic carbocycles. The lowest BCUT2D eigenvalue weighted by atomic mass is 9.82. The van der Waals surface area contributed by atoms with E-state index in [0.29, 0.717) is 0 Å². The SMILES string of the molecule is NC1CCC(C(=O)c2coc3ccccc23)CC1. The number of carbonyl (C=O) groups is 1. The summed E-state index contributed by atoms with van der Waals surface area (Å²) in [6, 6.07) is 7.96. The predicted octanol–water partition coefficient (Wildman–Crippen LogP) is 3.13. The summed E-state index contributed by atoms with van der Waals surface area (Å²) >= 11 is 0. The van der Waals surface area contributed by atoms with Gasteiger partial charge < -0.3 is 10.2 Å². The second kappa shape index (κ2) is 4.58. The number of Topliss-reactive ketones (excluding diaryl/α,β-unsaturated/α-hetero) is 1. The third-order valence-corrected chi connectivity index (χ3v) is 3.89. The van der Waals surface area contributed by atoms with Crippen LogP contribution in [0.25, 0.3) is 11.0 Å². The van der Waals surface area contributed by atoms with Crippen LogP contribution in [0.4, 0.5) is 0 Å². The second-order valence-electron chi connectivity index (χ2n) is 5.12. The molecular weight excluding hydrogens is 226 g/mol. The quantitative estimate of drug-likeness (QED) is 0.824. The molecular formula is C15H17NO2. The highest BCUT2D eigenvalue weighted by atomic mass is 16.3. The van der Waals surface area contributed by atoms with Crippen LogP contribution < -0.4 is 5.73 Å². The molecule has 0 atom stereocenters. The fourth-order valence-corrected chi connectivity index (χ4v) is 2.77. The zero-order chi connectivity index (χ0) is 12.5. The molecule has 1 fully saturated rings. The zero-order valence-corrected chi connectivity index (χ0v) is 10.3. The Bertz CT molecular complexity index is 565. The van der Waals surface area contributed by atoms with Crippen molar-refractivity contribution in [1.82, 2.24) is 0 Å². The van der Waals surface area contributed by atoms with E-state index < -0.39 is 0 Å². The minimum Gasteiger partial charge on any atom is -0.464 e. The van der Waals surface area contributed by atoms with Crippen LogP contribution in [-0.2, 0) is 0 Å². The molecule has 0 aliphatic heterocycles. The largest absolute Gasteiger partial charge is 0.464 e. The molecule has 3 rings (SSSR count). The number of rotatable bonds is 2. The average Bonchev–Trinajstić information content (AvgIpc) is 2.82. The van der Waals surface area contributed by atoms with Crippen LogP contribution in [0.2, 0.25) is 0 Å². The van der Waals surface area contributed by atoms with E-state index in [2.05, 4.69) is 0 Å². The van der Waals surface area contributed by atoms with Crippen molar-refractivity contribution in [2.24, 2.45) is 11.7 Å². The zero-order valence-electron chi connectivity index (χ0n) is 10.3. The third-order valence-electron chi connectivity index (χ3n) is 3.89. The molecule has 1 saturated carbocycles. The molecule has 2 N–H and O–H groups in total. The van der Waals surface area contributed by atoms with Gasteiger partial charge in [0.2, 0.25) is 0 Å². The summed E-state index contributed by atoms with van der Waals surface area (Å²) in [6.07, 6.45) is 5.30. The van der Waals surface area contributed by atoms with Crippen LogP contribution in [-0.4, -0.2) is 11.8 Å². The molecule has 18 heavy (non-hydrogen) atoms. The molecule has 0 spiro atoms. The molecule has 1 aliphatic carbocycles. The summed E-state index contributed by atoms with van der Waals surface area (Å²) < 4.78 is 5.44. The molecule has 0 saturated heterocycles. The smallest absolute Gasteiger partial charge is 0.169 e. The van der Waals surface area contributed by atoms with Crippen LogP contribution in [0.15, 0.2) is 34.9 Å². The fraction of sp³-hybridized carbons (Fsp3) is 0.400. The maximum Gasteiger partial charge on any atom is 0.169 e. The van der Waals surface area contributed by atoms with Crippen molar-refractivity contribution in [3.63, 3.8) is 0 Å². The Morgan fingerprint density at radius 2 is 1.89 bits per heavy atom. The fourth-order valence-electron chi connectivity index (χ4n) is 2.77. The number of nitrogens with two attached hydrogens (primary N) is 1. The van der Waals surface area contributed by atoms with E-state index in [1.54, 1.807) is 6.26 Å². The van der Waals surface area contributed by atoms with Gasteiger partial charge in [0.15, 0.2) is 5.78 Å². The summed E-state index contributed by atoms with van der Waals surface area (Å²) in [6.45, 7) is 0. The number of furan rings is 1. The van der Waals surface area contributed by atoms with E-state index >= 15 is 0 Å². The monoisotopic (exact) mass is 243 g/mol. The third kappa shape index (κ3) is 1.95. The first-order valence-corrected chi connectivity index (χ1v) is 6.51. The Morgan fingerprint density at radius 1 is 1.17 bits per heavy atom. The summed E-state index contributed by atoms with van der Waals surface area (Å²) in [5.74, 6) is 0.331. The van der Waals surface area contributed by atoms with E-state index in [9.17, 15) is 4.79 Å². The highest BCUT2D eigenvalue weighted by Crippen LogP contribution is 2.30. The summed E-state index contributed by atoms with van der Waals surface area (Å²) in [5, 5.41) is 0.928. The van der Waals surface area contributed by atoms with E-state index in [4.69, 9.17) is 10.2 Å². The first-order valence-electron chi connectivity index (χ1n) is 6.51. The van der Waals surface area contributed by atoms with Gasteiger partial charge in [0, 0.05) is 17.3 Å². The Balaban J connectivity index is 1.88. The van der Waals surface area contributed by atoms with Gasteiger partial charge in [-0.1, -0.05) is 18.2 Å². The van der Waals surface area contributed by atoms with E-state index in [-0.39, 0.29) is 17.7 Å².